The second-order valence-corrected chi connectivity index (χ2v) is 7.39. The lowest BCUT2D eigenvalue weighted by molar-refractivity contribution is 0.0210. The third kappa shape index (κ3) is 3.42. The Bertz CT molecular complexity index is 1030. The lowest BCUT2D eigenvalue weighted by atomic mass is 10.1. The normalized spacial score (nSPS) is 14.0. The van der Waals surface area contributed by atoms with Gasteiger partial charge in [-0.05, 0) is 12.1 Å². The molecule has 3 heterocycles. The second-order valence-electron chi connectivity index (χ2n) is 6.25. The van der Waals surface area contributed by atoms with E-state index in [2.05, 4.69) is 10.3 Å². The molecule has 0 atom stereocenters. The molecule has 1 aliphatic heterocycles. The van der Waals surface area contributed by atoms with Gasteiger partial charge in [0.15, 0.2) is 0 Å². The largest absolute Gasteiger partial charge is 0.495 e. The maximum Gasteiger partial charge on any atom is 0.141 e. The van der Waals surface area contributed by atoms with Crippen molar-refractivity contribution in [1.82, 2.24) is 9.97 Å². The Labute approximate surface area is 176 Å². The third-order valence-electron chi connectivity index (χ3n) is 4.49. The lowest BCUT2D eigenvalue weighted by Crippen LogP contribution is -2.40. The SMILES string of the molecule is COc1cc(OC)c(Cl)c(-c2cc3cnc(Cl)cc3c(NC3COC3)n2)c1Cl. The molecule has 0 spiro atoms. The second kappa shape index (κ2) is 7.79. The molecule has 0 bridgehead atoms. The summed E-state index contributed by atoms with van der Waals surface area (Å²) in [6, 6.07) is 5.43. The summed E-state index contributed by atoms with van der Waals surface area (Å²) < 4.78 is 16.0. The van der Waals surface area contributed by atoms with E-state index in [0.717, 1.165) is 10.8 Å². The minimum Gasteiger partial charge on any atom is -0.495 e. The fourth-order valence-corrected chi connectivity index (χ4v) is 3.83. The van der Waals surface area contributed by atoms with Gasteiger partial charge in [0.1, 0.15) is 22.5 Å². The third-order valence-corrected chi connectivity index (χ3v) is 5.45. The standard InChI is InChI=1S/C19H16Cl3N3O3/c1-26-13-5-14(27-2)18(22)16(17(13)21)12-3-9-6-23-15(20)4-11(9)19(25-12)24-10-7-28-8-10/h3-6,10H,7-8H2,1-2H3,(H,24,25). The van der Waals surface area contributed by atoms with E-state index in [1.807, 2.05) is 6.07 Å². The number of anilines is 1. The summed E-state index contributed by atoms with van der Waals surface area (Å²) in [5.41, 5.74) is 1.08. The van der Waals surface area contributed by atoms with E-state index in [9.17, 15) is 0 Å². The molecule has 1 saturated heterocycles. The average Bonchev–Trinajstić information content (AvgIpc) is 2.65. The van der Waals surface area contributed by atoms with E-state index in [1.54, 1.807) is 18.3 Å². The van der Waals surface area contributed by atoms with Crippen molar-refractivity contribution in [1.29, 1.82) is 0 Å². The molecular weight excluding hydrogens is 425 g/mol. The van der Waals surface area contributed by atoms with Gasteiger partial charge in [-0.2, -0.15) is 0 Å². The number of nitrogens with one attached hydrogen (secondary N) is 1. The van der Waals surface area contributed by atoms with E-state index < -0.39 is 0 Å². The first-order valence-electron chi connectivity index (χ1n) is 8.42. The Morgan fingerprint density at radius 2 is 1.71 bits per heavy atom. The van der Waals surface area contributed by atoms with Crippen LogP contribution in [0.2, 0.25) is 15.2 Å². The number of aromatic nitrogens is 2. The zero-order chi connectivity index (χ0) is 19.8. The van der Waals surface area contributed by atoms with Gasteiger partial charge in [0.2, 0.25) is 0 Å². The monoisotopic (exact) mass is 439 g/mol. The van der Waals surface area contributed by atoms with Gasteiger partial charge in [-0.3, -0.25) is 0 Å². The highest BCUT2D eigenvalue weighted by molar-refractivity contribution is 6.41. The van der Waals surface area contributed by atoms with E-state index >= 15 is 0 Å². The van der Waals surface area contributed by atoms with Crippen LogP contribution in [0, 0.1) is 0 Å². The summed E-state index contributed by atoms with van der Waals surface area (Å²) in [6.07, 6.45) is 1.69. The number of halogens is 3. The molecule has 0 radical (unpaired) electrons. The number of methoxy groups -OCH3 is 2. The summed E-state index contributed by atoms with van der Waals surface area (Å²) in [4.78, 5) is 8.95. The summed E-state index contributed by atoms with van der Waals surface area (Å²) >= 11 is 19.2. The molecule has 6 nitrogen and oxygen atoms in total. The van der Waals surface area contributed by atoms with Gasteiger partial charge in [0.05, 0.1) is 49.2 Å². The van der Waals surface area contributed by atoms with Crippen molar-refractivity contribution in [2.24, 2.45) is 0 Å². The molecule has 28 heavy (non-hydrogen) atoms. The number of fused-ring (bicyclic) bond motifs is 1. The predicted octanol–water partition coefficient (Wildman–Crippen LogP) is 5.08. The van der Waals surface area contributed by atoms with Gasteiger partial charge in [0, 0.05) is 28.6 Å². The molecule has 146 valence electrons. The van der Waals surface area contributed by atoms with Crippen LogP contribution in [-0.2, 0) is 4.74 Å². The smallest absolute Gasteiger partial charge is 0.141 e. The van der Waals surface area contributed by atoms with Crippen LogP contribution < -0.4 is 14.8 Å². The number of ether oxygens (including phenoxy) is 3. The first-order chi connectivity index (χ1) is 13.5. The molecule has 9 heteroatoms. The molecular formula is C19H16Cl3N3O3. The van der Waals surface area contributed by atoms with E-state index in [1.165, 1.54) is 14.2 Å². The van der Waals surface area contributed by atoms with Crippen molar-refractivity contribution in [3.05, 3.63) is 39.6 Å². The number of nitrogens with zero attached hydrogens (tertiary/aromatic N) is 2. The number of hydrogen-bond donors (Lipinski definition) is 1. The number of rotatable bonds is 5. The lowest BCUT2D eigenvalue weighted by Gasteiger charge is -2.28. The van der Waals surface area contributed by atoms with E-state index in [-0.39, 0.29) is 6.04 Å². The summed E-state index contributed by atoms with van der Waals surface area (Å²) in [6.45, 7) is 1.22. The van der Waals surface area contributed by atoms with Crippen molar-refractivity contribution in [3.63, 3.8) is 0 Å². The van der Waals surface area contributed by atoms with Crippen molar-refractivity contribution in [2.75, 3.05) is 32.8 Å². The van der Waals surface area contributed by atoms with Crippen molar-refractivity contribution < 1.29 is 14.2 Å². The van der Waals surface area contributed by atoms with Gasteiger partial charge in [-0.25, -0.2) is 9.97 Å². The van der Waals surface area contributed by atoms with Gasteiger partial charge in [-0.15, -0.1) is 0 Å². The van der Waals surface area contributed by atoms with Gasteiger partial charge in [-0.1, -0.05) is 34.8 Å². The Kier molecular flexibility index (Phi) is 5.38. The maximum atomic E-state index is 6.57. The Hall–Kier alpha value is -1.99. The minimum absolute atomic E-state index is 0.170. The van der Waals surface area contributed by atoms with Crippen LogP contribution in [0.4, 0.5) is 5.82 Å². The first kappa shape index (κ1) is 19.3. The molecule has 3 aromatic rings. The zero-order valence-electron chi connectivity index (χ0n) is 15.1. The number of hydrogen-bond acceptors (Lipinski definition) is 6. The van der Waals surface area contributed by atoms with Gasteiger partial charge >= 0.3 is 0 Å². The van der Waals surface area contributed by atoms with Crippen molar-refractivity contribution in [3.8, 4) is 22.8 Å². The molecule has 0 amide bonds. The predicted molar refractivity (Wildman–Crippen MR) is 111 cm³/mol. The van der Waals surface area contributed by atoms with Crippen molar-refractivity contribution in [2.45, 2.75) is 6.04 Å². The fraction of sp³-hybridized carbons (Fsp3) is 0.263. The van der Waals surface area contributed by atoms with Crippen LogP contribution >= 0.6 is 34.8 Å². The van der Waals surface area contributed by atoms with Crippen LogP contribution in [-0.4, -0.2) is 43.4 Å². The molecule has 2 aromatic heterocycles. The van der Waals surface area contributed by atoms with Gasteiger partial charge < -0.3 is 19.5 Å². The fourth-order valence-electron chi connectivity index (χ4n) is 2.98. The summed E-state index contributed by atoms with van der Waals surface area (Å²) in [7, 11) is 3.06. The van der Waals surface area contributed by atoms with Crippen LogP contribution in [0.1, 0.15) is 0 Å². The summed E-state index contributed by atoms with van der Waals surface area (Å²) in [5, 5.41) is 6.15. The average molecular weight is 441 g/mol. The molecule has 0 unspecified atom stereocenters. The van der Waals surface area contributed by atoms with Gasteiger partial charge in [0.25, 0.3) is 0 Å². The highest BCUT2D eigenvalue weighted by Crippen LogP contribution is 2.46. The Morgan fingerprint density at radius 3 is 2.29 bits per heavy atom. The molecule has 1 aliphatic rings. The number of pyridine rings is 2. The first-order valence-corrected chi connectivity index (χ1v) is 9.56. The van der Waals surface area contributed by atoms with E-state index in [0.29, 0.717) is 57.0 Å². The minimum atomic E-state index is 0.170. The van der Waals surface area contributed by atoms with Crippen molar-refractivity contribution >= 4 is 51.4 Å². The highest BCUT2D eigenvalue weighted by atomic mass is 35.5. The molecule has 1 fully saturated rings. The van der Waals surface area contributed by atoms with Crippen LogP contribution in [0.3, 0.4) is 0 Å². The topological polar surface area (TPSA) is 65.5 Å². The molecule has 4 rings (SSSR count). The number of benzene rings is 1. The molecule has 0 saturated carbocycles. The zero-order valence-corrected chi connectivity index (χ0v) is 17.3. The summed E-state index contributed by atoms with van der Waals surface area (Å²) in [5.74, 6) is 1.53. The van der Waals surface area contributed by atoms with Crippen LogP contribution in [0.15, 0.2) is 24.4 Å². The Morgan fingerprint density at radius 1 is 1.04 bits per heavy atom. The van der Waals surface area contributed by atoms with Crippen LogP contribution in [0.25, 0.3) is 22.0 Å². The van der Waals surface area contributed by atoms with E-state index in [4.69, 9.17) is 54.0 Å². The highest BCUT2D eigenvalue weighted by Gasteiger charge is 2.23. The molecule has 1 aromatic carbocycles. The molecule has 0 aliphatic carbocycles. The Balaban J connectivity index is 1.95. The molecule has 1 N–H and O–H groups in total. The van der Waals surface area contributed by atoms with Crippen LogP contribution in [0.5, 0.6) is 11.5 Å². The maximum absolute atomic E-state index is 6.57. The quantitative estimate of drug-likeness (QED) is 0.558.